The van der Waals surface area contributed by atoms with Crippen LogP contribution in [0.2, 0.25) is 0 Å². The lowest BCUT2D eigenvalue weighted by atomic mass is 9.70. The Hall–Kier alpha value is -8.40. The maximum Gasteiger partial charge on any atom is 0.194 e. The summed E-state index contributed by atoms with van der Waals surface area (Å²) in [7, 11) is 0. The van der Waals surface area contributed by atoms with Crippen LogP contribution in [0.5, 0.6) is 23.0 Å². The highest BCUT2D eigenvalue weighted by molar-refractivity contribution is 5.98. The van der Waals surface area contributed by atoms with Crippen LogP contribution in [-0.2, 0) is 5.41 Å². The average Bonchev–Trinajstić information content (AvgIpc) is 3.85. The summed E-state index contributed by atoms with van der Waals surface area (Å²) in [6.45, 7) is 0. The maximum atomic E-state index is 7.18. The van der Waals surface area contributed by atoms with E-state index in [4.69, 9.17) is 9.47 Å². The van der Waals surface area contributed by atoms with Gasteiger partial charge in [-0.25, -0.2) is 0 Å². The molecule has 64 heavy (non-hydrogen) atoms. The van der Waals surface area contributed by atoms with Gasteiger partial charge >= 0.3 is 0 Å². The van der Waals surface area contributed by atoms with E-state index >= 15 is 0 Å². The molecule has 3 heteroatoms. The highest BCUT2D eigenvalue weighted by Crippen LogP contribution is 2.66. The first-order valence-electron chi connectivity index (χ1n) is 21.9. The zero-order valence-electron chi connectivity index (χ0n) is 34.8. The molecule has 3 aliphatic rings. The van der Waals surface area contributed by atoms with E-state index in [2.05, 4.69) is 235 Å². The van der Waals surface area contributed by atoms with Gasteiger partial charge in [-0.15, -0.1) is 0 Å². The molecule has 1 heterocycles. The van der Waals surface area contributed by atoms with Crippen LogP contribution in [0.25, 0.3) is 55.6 Å². The molecule has 3 nitrogen and oxygen atoms in total. The fraction of sp³-hybridized carbons (Fsp3) is 0.0164. The molecule has 13 rings (SSSR count). The summed E-state index contributed by atoms with van der Waals surface area (Å²) < 4.78 is 14.3. The third-order valence-electron chi connectivity index (χ3n) is 13.4. The number of hydrogen-bond acceptors (Lipinski definition) is 3. The molecule has 10 aromatic carbocycles. The van der Waals surface area contributed by atoms with Crippen molar-refractivity contribution in [1.29, 1.82) is 0 Å². The quantitative estimate of drug-likeness (QED) is 0.167. The highest BCUT2D eigenvalue weighted by Gasteiger charge is 2.53. The third-order valence-corrected chi connectivity index (χ3v) is 13.4. The van der Waals surface area contributed by atoms with Gasteiger partial charge < -0.3 is 14.4 Å². The summed E-state index contributed by atoms with van der Waals surface area (Å²) >= 11 is 0. The van der Waals surface area contributed by atoms with Gasteiger partial charge in [-0.1, -0.05) is 194 Å². The van der Waals surface area contributed by atoms with Crippen LogP contribution in [0, 0.1) is 0 Å². The van der Waals surface area contributed by atoms with Gasteiger partial charge in [0.25, 0.3) is 0 Å². The Bertz CT molecular complexity index is 3380. The number of hydrogen-bond donors (Lipinski definition) is 0. The van der Waals surface area contributed by atoms with Crippen molar-refractivity contribution in [3.05, 3.63) is 259 Å². The first-order chi connectivity index (χ1) is 31.8. The predicted molar refractivity (Wildman–Crippen MR) is 260 cm³/mol. The van der Waals surface area contributed by atoms with Gasteiger partial charge in [0, 0.05) is 16.9 Å². The molecule has 0 N–H and O–H groups in total. The molecule has 0 fully saturated rings. The molecule has 1 spiro atoms. The molecule has 0 saturated carbocycles. The first kappa shape index (κ1) is 36.3. The summed E-state index contributed by atoms with van der Waals surface area (Å²) in [6, 6.07) is 84.6. The Morgan fingerprint density at radius 1 is 0.281 bits per heavy atom. The largest absolute Gasteiger partial charge is 0.449 e. The second-order valence-corrected chi connectivity index (χ2v) is 16.7. The number of rotatable bonds is 6. The molecule has 1 aliphatic heterocycles. The molecule has 0 bridgehead atoms. The summed E-state index contributed by atoms with van der Waals surface area (Å²) in [5.41, 5.74) is 19.3. The van der Waals surface area contributed by atoms with Crippen molar-refractivity contribution in [3.8, 4) is 78.6 Å². The van der Waals surface area contributed by atoms with Gasteiger partial charge in [-0.3, -0.25) is 0 Å². The normalized spacial score (nSPS) is 13.1. The standard InChI is InChI=1S/C61H39NO2/c1-3-16-40(17-4-1)41-30-34-44(35-31-41)62(45-36-32-43(33-37-45)47-21-8-7-20-46(47)42-18-5-2-6-19-42)55-28-15-29-56-59(55)63-57-39-38-54-58(60(57)64-56)50-24-11-14-27-53(50)61(54)51-25-12-9-22-48(51)49-23-10-13-26-52(49)61/h1-39H. The summed E-state index contributed by atoms with van der Waals surface area (Å²) in [5, 5.41) is 0. The van der Waals surface area contributed by atoms with Crippen molar-refractivity contribution in [2.75, 3.05) is 4.90 Å². The van der Waals surface area contributed by atoms with Gasteiger partial charge in [0.1, 0.15) is 0 Å². The zero-order valence-corrected chi connectivity index (χ0v) is 34.8. The zero-order chi connectivity index (χ0) is 42.2. The molecule has 0 radical (unpaired) electrons. The van der Waals surface area contributed by atoms with Gasteiger partial charge in [0.2, 0.25) is 0 Å². The summed E-state index contributed by atoms with van der Waals surface area (Å²) in [6.07, 6.45) is 0. The van der Waals surface area contributed by atoms with Crippen molar-refractivity contribution in [2.45, 2.75) is 5.41 Å². The van der Waals surface area contributed by atoms with E-state index in [0.717, 1.165) is 45.1 Å². The molecule has 0 saturated heterocycles. The monoisotopic (exact) mass is 817 g/mol. The predicted octanol–water partition coefficient (Wildman–Crippen LogP) is 16.4. The maximum absolute atomic E-state index is 7.18. The lowest BCUT2D eigenvalue weighted by molar-refractivity contribution is 0.361. The Labute approximate surface area is 372 Å². The smallest absolute Gasteiger partial charge is 0.194 e. The van der Waals surface area contributed by atoms with Crippen LogP contribution >= 0.6 is 0 Å². The first-order valence-corrected chi connectivity index (χ1v) is 21.9. The number of nitrogens with zero attached hydrogens (tertiary/aromatic N) is 1. The minimum absolute atomic E-state index is 0.476. The number of para-hydroxylation sites is 1. The van der Waals surface area contributed by atoms with E-state index in [1.807, 2.05) is 6.07 Å². The van der Waals surface area contributed by atoms with Gasteiger partial charge in [-0.05, 0) is 115 Å². The molecule has 0 atom stereocenters. The van der Waals surface area contributed by atoms with Crippen LogP contribution < -0.4 is 14.4 Å². The van der Waals surface area contributed by atoms with Gasteiger partial charge in [0.15, 0.2) is 23.0 Å². The van der Waals surface area contributed by atoms with E-state index < -0.39 is 5.41 Å². The van der Waals surface area contributed by atoms with Crippen LogP contribution in [0.15, 0.2) is 237 Å². The Morgan fingerprint density at radius 3 is 1.33 bits per heavy atom. The van der Waals surface area contributed by atoms with Crippen LogP contribution in [0.4, 0.5) is 17.1 Å². The van der Waals surface area contributed by atoms with Crippen molar-refractivity contribution >= 4 is 17.1 Å². The van der Waals surface area contributed by atoms with Crippen molar-refractivity contribution < 1.29 is 9.47 Å². The lowest BCUT2D eigenvalue weighted by Crippen LogP contribution is -2.25. The average molecular weight is 818 g/mol. The van der Waals surface area contributed by atoms with Gasteiger partial charge in [-0.2, -0.15) is 0 Å². The Kier molecular flexibility index (Phi) is 8.13. The molecule has 300 valence electrons. The lowest BCUT2D eigenvalue weighted by Gasteiger charge is -2.32. The minimum Gasteiger partial charge on any atom is -0.449 e. The Balaban J connectivity index is 0.944. The van der Waals surface area contributed by atoms with E-state index in [0.29, 0.717) is 17.2 Å². The third kappa shape index (κ3) is 5.34. The highest BCUT2D eigenvalue weighted by atomic mass is 16.6. The fourth-order valence-corrected chi connectivity index (χ4v) is 10.7. The second kappa shape index (κ2) is 14.3. The van der Waals surface area contributed by atoms with Crippen LogP contribution in [0.3, 0.4) is 0 Å². The number of benzene rings is 10. The molecule has 2 aliphatic carbocycles. The van der Waals surface area contributed by atoms with E-state index in [1.54, 1.807) is 0 Å². The van der Waals surface area contributed by atoms with Crippen molar-refractivity contribution in [2.24, 2.45) is 0 Å². The van der Waals surface area contributed by atoms with E-state index in [-0.39, 0.29) is 0 Å². The molecular weight excluding hydrogens is 779 g/mol. The van der Waals surface area contributed by atoms with E-state index in [9.17, 15) is 0 Å². The SMILES string of the molecule is c1ccc(-c2ccc(N(c3ccc(-c4ccccc4-c4ccccc4)cc3)c3cccc4c3Oc3ccc5c(c3O4)-c3ccccc3C53c4ccccc4-c4ccccc43)cc2)cc1. The summed E-state index contributed by atoms with van der Waals surface area (Å²) in [5.74, 6) is 2.77. The van der Waals surface area contributed by atoms with E-state index in [1.165, 1.54) is 55.6 Å². The fourth-order valence-electron chi connectivity index (χ4n) is 10.7. The number of ether oxygens (including phenoxy) is 2. The molecule has 10 aromatic rings. The molecular formula is C61H39NO2. The number of anilines is 3. The minimum atomic E-state index is -0.476. The number of fused-ring (bicyclic) bond motifs is 13. The van der Waals surface area contributed by atoms with Crippen molar-refractivity contribution in [3.63, 3.8) is 0 Å². The second-order valence-electron chi connectivity index (χ2n) is 16.7. The molecule has 0 aromatic heterocycles. The van der Waals surface area contributed by atoms with Crippen molar-refractivity contribution in [1.82, 2.24) is 0 Å². The molecule has 0 amide bonds. The van der Waals surface area contributed by atoms with Crippen LogP contribution in [0.1, 0.15) is 22.3 Å². The van der Waals surface area contributed by atoms with Crippen LogP contribution in [-0.4, -0.2) is 0 Å². The Morgan fingerprint density at radius 2 is 0.719 bits per heavy atom. The molecule has 0 unspecified atom stereocenters. The summed E-state index contributed by atoms with van der Waals surface area (Å²) in [4.78, 5) is 2.28. The van der Waals surface area contributed by atoms with Gasteiger partial charge in [0.05, 0.1) is 11.1 Å². The topological polar surface area (TPSA) is 21.7 Å².